The van der Waals surface area contributed by atoms with Crippen LogP contribution in [0.2, 0.25) is 0 Å². The summed E-state index contributed by atoms with van der Waals surface area (Å²) in [5.41, 5.74) is 1.59. The maximum atomic E-state index is 11.1. The smallest absolute Gasteiger partial charge is 0.269 e. The lowest BCUT2D eigenvalue weighted by molar-refractivity contribution is -0.384. The van der Waals surface area contributed by atoms with Crippen LogP contribution < -0.4 is 0 Å². The van der Waals surface area contributed by atoms with Gasteiger partial charge in [0, 0.05) is 30.8 Å². The number of non-ortho nitro benzene ring substituents is 1. The second kappa shape index (κ2) is 6.76. The number of phenolic OH excluding ortho intramolecular Hbond substituents is 1. The highest BCUT2D eigenvalue weighted by Gasteiger charge is 2.27. The number of hydrogen-bond donors (Lipinski definition) is 1. The predicted molar refractivity (Wildman–Crippen MR) is 85.4 cm³/mol. The maximum Gasteiger partial charge on any atom is 0.269 e. The summed E-state index contributed by atoms with van der Waals surface area (Å²) in [7, 11) is 0. The van der Waals surface area contributed by atoms with Crippen LogP contribution in [-0.4, -0.2) is 41.2 Å². The second-order valence-corrected chi connectivity index (χ2v) is 5.46. The number of nitro groups is 1. The van der Waals surface area contributed by atoms with E-state index in [1.807, 2.05) is 18.2 Å². The molecule has 1 aliphatic heterocycles. The Morgan fingerprint density at radius 2 is 1.87 bits per heavy atom. The molecule has 0 bridgehead atoms. The minimum atomic E-state index is -0.398. The molecule has 2 aromatic rings. The van der Waals surface area contributed by atoms with E-state index >= 15 is 0 Å². The van der Waals surface area contributed by atoms with Gasteiger partial charge >= 0.3 is 0 Å². The highest BCUT2D eigenvalue weighted by Crippen LogP contribution is 2.35. The summed E-state index contributed by atoms with van der Waals surface area (Å²) >= 11 is 0. The van der Waals surface area contributed by atoms with E-state index in [9.17, 15) is 15.2 Å². The van der Waals surface area contributed by atoms with Gasteiger partial charge in [-0.1, -0.05) is 30.3 Å². The monoisotopic (exact) mass is 314 g/mol. The van der Waals surface area contributed by atoms with Crippen molar-refractivity contribution in [2.24, 2.45) is 0 Å². The van der Waals surface area contributed by atoms with Crippen molar-refractivity contribution in [2.45, 2.75) is 6.04 Å². The number of hydrogen-bond acceptors (Lipinski definition) is 5. The van der Waals surface area contributed by atoms with Crippen molar-refractivity contribution < 1.29 is 14.8 Å². The van der Waals surface area contributed by atoms with Crippen molar-refractivity contribution in [3.8, 4) is 5.75 Å². The fraction of sp³-hybridized carbons (Fsp3) is 0.294. The molecular formula is C17H18N2O4. The molecule has 0 amide bonds. The Labute approximate surface area is 134 Å². The third kappa shape index (κ3) is 3.33. The van der Waals surface area contributed by atoms with E-state index in [-0.39, 0.29) is 17.5 Å². The first-order chi connectivity index (χ1) is 11.2. The van der Waals surface area contributed by atoms with Gasteiger partial charge in [-0.2, -0.15) is 0 Å². The van der Waals surface area contributed by atoms with Gasteiger partial charge in [0.25, 0.3) is 5.69 Å². The van der Waals surface area contributed by atoms with Gasteiger partial charge in [0.05, 0.1) is 24.2 Å². The molecule has 1 atom stereocenters. The summed E-state index contributed by atoms with van der Waals surface area (Å²) in [4.78, 5) is 12.9. The van der Waals surface area contributed by atoms with Crippen LogP contribution in [0.1, 0.15) is 17.2 Å². The van der Waals surface area contributed by atoms with E-state index in [1.165, 1.54) is 6.07 Å². The van der Waals surface area contributed by atoms with E-state index in [0.717, 1.165) is 11.1 Å². The molecule has 1 saturated heterocycles. The normalized spacial score (nSPS) is 16.9. The summed E-state index contributed by atoms with van der Waals surface area (Å²) in [5.74, 6) is 0.190. The third-order valence-corrected chi connectivity index (χ3v) is 4.04. The highest BCUT2D eigenvalue weighted by molar-refractivity contribution is 5.44. The van der Waals surface area contributed by atoms with E-state index in [2.05, 4.69) is 4.90 Å². The zero-order chi connectivity index (χ0) is 16.2. The van der Waals surface area contributed by atoms with Crippen LogP contribution in [0, 0.1) is 10.1 Å². The highest BCUT2D eigenvalue weighted by atomic mass is 16.6. The number of aromatic hydroxyl groups is 1. The van der Waals surface area contributed by atoms with Crippen LogP contribution in [-0.2, 0) is 4.74 Å². The molecule has 120 valence electrons. The molecule has 1 unspecified atom stereocenters. The zero-order valence-corrected chi connectivity index (χ0v) is 12.6. The lowest BCUT2D eigenvalue weighted by atomic mass is 9.95. The molecule has 3 rings (SSSR count). The summed E-state index contributed by atoms with van der Waals surface area (Å²) in [6.07, 6.45) is 0. The summed E-state index contributed by atoms with van der Waals surface area (Å²) in [6, 6.07) is 13.5. The fourth-order valence-corrected chi connectivity index (χ4v) is 2.95. The molecule has 6 heteroatoms. The third-order valence-electron chi connectivity index (χ3n) is 4.04. The molecule has 23 heavy (non-hydrogen) atoms. The zero-order valence-electron chi connectivity index (χ0n) is 12.6. The van der Waals surface area contributed by atoms with E-state index in [0.29, 0.717) is 26.3 Å². The molecule has 6 nitrogen and oxygen atoms in total. The number of para-hydroxylation sites is 1. The van der Waals surface area contributed by atoms with E-state index in [4.69, 9.17) is 4.74 Å². The molecular weight excluding hydrogens is 296 g/mol. The van der Waals surface area contributed by atoms with Gasteiger partial charge < -0.3 is 9.84 Å². The van der Waals surface area contributed by atoms with Gasteiger partial charge in [0.2, 0.25) is 0 Å². The molecule has 1 heterocycles. The maximum absolute atomic E-state index is 11.1. The molecule has 1 N–H and O–H groups in total. The van der Waals surface area contributed by atoms with Gasteiger partial charge in [0.1, 0.15) is 5.75 Å². The summed E-state index contributed by atoms with van der Waals surface area (Å²) < 4.78 is 5.40. The first kappa shape index (κ1) is 15.5. The molecule has 0 aliphatic carbocycles. The van der Waals surface area contributed by atoms with Gasteiger partial charge in [0.15, 0.2) is 0 Å². The molecule has 2 aromatic carbocycles. The minimum Gasteiger partial charge on any atom is -0.508 e. The predicted octanol–water partition coefficient (Wildman–Crippen LogP) is 2.72. The summed E-state index contributed by atoms with van der Waals surface area (Å²) in [5, 5.41) is 21.3. The van der Waals surface area contributed by atoms with Crippen LogP contribution >= 0.6 is 0 Å². The number of phenols is 1. The average Bonchev–Trinajstić information content (AvgIpc) is 2.58. The Balaban J connectivity index is 2.06. The van der Waals surface area contributed by atoms with Crippen LogP contribution in [0.3, 0.4) is 0 Å². The lowest BCUT2D eigenvalue weighted by Crippen LogP contribution is -2.39. The Bertz CT molecular complexity index is 698. The van der Waals surface area contributed by atoms with Crippen molar-refractivity contribution in [1.29, 1.82) is 0 Å². The van der Waals surface area contributed by atoms with Crippen molar-refractivity contribution in [2.75, 3.05) is 26.3 Å². The van der Waals surface area contributed by atoms with Gasteiger partial charge in [-0.15, -0.1) is 0 Å². The second-order valence-electron chi connectivity index (χ2n) is 5.46. The topological polar surface area (TPSA) is 75.8 Å². The standard InChI is InChI=1S/C17H18N2O4/c20-16-7-2-1-6-15(16)17(18-8-10-23-11-9-18)13-4-3-5-14(12-13)19(21)22/h1-7,12,17,20H,8-11H2. The average molecular weight is 314 g/mol. The van der Waals surface area contributed by atoms with Gasteiger partial charge in [-0.25, -0.2) is 0 Å². The first-order valence-electron chi connectivity index (χ1n) is 7.51. The molecule has 0 saturated carbocycles. The Morgan fingerprint density at radius 3 is 2.57 bits per heavy atom. The van der Waals surface area contributed by atoms with Crippen molar-refractivity contribution in [3.05, 3.63) is 69.8 Å². The number of rotatable bonds is 4. The SMILES string of the molecule is O=[N+]([O-])c1cccc(C(c2ccccc2O)N2CCOCC2)c1. The first-order valence-corrected chi connectivity index (χ1v) is 7.51. The van der Waals surface area contributed by atoms with E-state index < -0.39 is 4.92 Å². The fourth-order valence-electron chi connectivity index (χ4n) is 2.95. The van der Waals surface area contributed by atoms with Crippen LogP contribution in [0.4, 0.5) is 5.69 Å². The molecule has 1 aliphatic rings. The van der Waals surface area contributed by atoms with Crippen molar-refractivity contribution in [3.63, 3.8) is 0 Å². The molecule has 0 aromatic heterocycles. The Hall–Kier alpha value is -2.44. The largest absolute Gasteiger partial charge is 0.508 e. The lowest BCUT2D eigenvalue weighted by Gasteiger charge is -2.35. The minimum absolute atomic E-state index is 0.0520. The number of morpholine rings is 1. The Morgan fingerprint density at radius 1 is 1.13 bits per heavy atom. The van der Waals surface area contributed by atoms with Crippen LogP contribution in [0.25, 0.3) is 0 Å². The van der Waals surface area contributed by atoms with Crippen LogP contribution in [0.15, 0.2) is 48.5 Å². The van der Waals surface area contributed by atoms with Gasteiger partial charge in [-0.05, 0) is 11.6 Å². The van der Waals surface area contributed by atoms with Crippen molar-refractivity contribution in [1.82, 2.24) is 4.90 Å². The van der Waals surface area contributed by atoms with E-state index in [1.54, 1.807) is 24.3 Å². The summed E-state index contributed by atoms with van der Waals surface area (Å²) in [6.45, 7) is 2.64. The quantitative estimate of drug-likeness (QED) is 0.693. The number of nitro benzene ring substituents is 1. The number of ether oxygens (including phenoxy) is 1. The van der Waals surface area contributed by atoms with Crippen LogP contribution in [0.5, 0.6) is 5.75 Å². The molecule has 0 radical (unpaired) electrons. The van der Waals surface area contributed by atoms with Crippen molar-refractivity contribution >= 4 is 5.69 Å². The molecule has 0 spiro atoms. The number of nitrogens with zero attached hydrogens (tertiary/aromatic N) is 2. The molecule has 1 fully saturated rings. The Kier molecular flexibility index (Phi) is 4.55. The number of benzene rings is 2. The van der Waals surface area contributed by atoms with Gasteiger partial charge in [-0.3, -0.25) is 15.0 Å².